The van der Waals surface area contributed by atoms with Crippen LogP contribution in [0.15, 0.2) is 0 Å². The number of carbonyl (C=O) groups is 2. The Morgan fingerprint density at radius 1 is 1.31 bits per heavy atom. The van der Waals surface area contributed by atoms with Crippen molar-refractivity contribution in [2.75, 3.05) is 19.6 Å². The van der Waals surface area contributed by atoms with Crippen molar-refractivity contribution in [1.29, 1.82) is 0 Å². The maximum absolute atomic E-state index is 11.5. The Labute approximate surface area is 106 Å². The zero-order valence-corrected chi connectivity index (χ0v) is 11.1. The molecule has 2 rings (SSSR count). The standard InChI is InChI=1S/C10H17N3O2.BrH/c1-10(8(14)11-9(15)12-10)4-7-13-5-2-3-6-13;/h2-7H2,1H3,(H2,11,12,14,15);1H. The van der Waals surface area contributed by atoms with Gasteiger partial charge in [0.1, 0.15) is 5.54 Å². The molecule has 0 bridgehead atoms. The lowest BCUT2D eigenvalue weighted by Gasteiger charge is -2.23. The molecule has 0 spiro atoms. The van der Waals surface area contributed by atoms with E-state index in [2.05, 4.69) is 15.5 Å². The molecule has 5 nitrogen and oxygen atoms in total. The zero-order chi connectivity index (χ0) is 10.9. The van der Waals surface area contributed by atoms with Crippen molar-refractivity contribution in [2.45, 2.75) is 31.7 Å². The first-order valence-electron chi connectivity index (χ1n) is 5.46. The molecule has 0 radical (unpaired) electrons. The fourth-order valence-electron chi connectivity index (χ4n) is 2.14. The number of hydrogen-bond acceptors (Lipinski definition) is 3. The number of imide groups is 1. The largest absolute Gasteiger partial charge is 0.324 e. The van der Waals surface area contributed by atoms with Gasteiger partial charge in [-0.25, -0.2) is 4.79 Å². The first-order valence-corrected chi connectivity index (χ1v) is 5.46. The van der Waals surface area contributed by atoms with Gasteiger partial charge in [-0.05, 0) is 39.3 Å². The molecule has 0 aromatic carbocycles. The fraction of sp³-hybridized carbons (Fsp3) is 0.800. The van der Waals surface area contributed by atoms with Crippen LogP contribution < -0.4 is 10.6 Å². The van der Waals surface area contributed by atoms with E-state index in [4.69, 9.17) is 0 Å². The van der Waals surface area contributed by atoms with Gasteiger partial charge in [0.05, 0.1) is 0 Å². The first-order chi connectivity index (χ1) is 7.10. The van der Waals surface area contributed by atoms with Crippen molar-refractivity contribution in [3.8, 4) is 0 Å². The number of urea groups is 1. The van der Waals surface area contributed by atoms with Gasteiger partial charge in [0.25, 0.3) is 5.91 Å². The summed E-state index contributed by atoms with van der Waals surface area (Å²) in [6.45, 7) is 4.89. The highest BCUT2D eigenvalue weighted by Gasteiger charge is 2.41. The summed E-state index contributed by atoms with van der Waals surface area (Å²) in [5, 5.41) is 4.95. The van der Waals surface area contributed by atoms with Crippen molar-refractivity contribution in [2.24, 2.45) is 0 Å². The van der Waals surface area contributed by atoms with Gasteiger partial charge in [0, 0.05) is 6.54 Å². The van der Waals surface area contributed by atoms with Crippen LogP contribution in [-0.2, 0) is 4.79 Å². The summed E-state index contributed by atoms with van der Waals surface area (Å²) in [7, 11) is 0. The van der Waals surface area contributed by atoms with E-state index in [0.29, 0.717) is 6.42 Å². The average molecular weight is 292 g/mol. The molecule has 0 aromatic rings. The van der Waals surface area contributed by atoms with E-state index >= 15 is 0 Å². The Balaban J connectivity index is 0.00000128. The average Bonchev–Trinajstić information content (AvgIpc) is 2.73. The number of nitrogens with zero attached hydrogens (tertiary/aromatic N) is 1. The molecule has 0 aliphatic carbocycles. The van der Waals surface area contributed by atoms with Crippen LogP contribution >= 0.6 is 17.0 Å². The Morgan fingerprint density at radius 2 is 1.94 bits per heavy atom. The molecule has 2 aliphatic rings. The van der Waals surface area contributed by atoms with Crippen molar-refractivity contribution in [1.82, 2.24) is 15.5 Å². The molecule has 2 saturated heterocycles. The molecule has 0 aromatic heterocycles. The van der Waals surface area contributed by atoms with Gasteiger partial charge in [-0.15, -0.1) is 17.0 Å². The second-order valence-electron chi connectivity index (χ2n) is 4.54. The van der Waals surface area contributed by atoms with Crippen LogP contribution in [-0.4, -0.2) is 42.0 Å². The number of halogens is 1. The van der Waals surface area contributed by atoms with Gasteiger partial charge in [0.15, 0.2) is 0 Å². The lowest BCUT2D eigenvalue weighted by atomic mass is 9.98. The Morgan fingerprint density at radius 3 is 2.44 bits per heavy atom. The summed E-state index contributed by atoms with van der Waals surface area (Å²) in [5.74, 6) is -0.202. The van der Waals surface area contributed by atoms with Crippen LogP contribution in [0.3, 0.4) is 0 Å². The topological polar surface area (TPSA) is 61.4 Å². The molecule has 1 atom stereocenters. The first kappa shape index (κ1) is 13.4. The van der Waals surface area contributed by atoms with E-state index in [1.165, 1.54) is 12.8 Å². The fourth-order valence-corrected chi connectivity index (χ4v) is 2.14. The number of nitrogens with one attached hydrogen (secondary N) is 2. The van der Waals surface area contributed by atoms with E-state index < -0.39 is 5.54 Å². The lowest BCUT2D eigenvalue weighted by molar-refractivity contribution is -0.123. The van der Waals surface area contributed by atoms with Crippen LogP contribution in [0, 0.1) is 0 Å². The molecule has 6 heteroatoms. The summed E-state index contributed by atoms with van der Waals surface area (Å²) in [6, 6.07) is -0.371. The zero-order valence-electron chi connectivity index (χ0n) is 9.41. The molecule has 2 fully saturated rings. The molecule has 2 aliphatic heterocycles. The van der Waals surface area contributed by atoms with Gasteiger partial charge in [-0.1, -0.05) is 0 Å². The van der Waals surface area contributed by atoms with E-state index in [0.717, 1.165) is 19.6 Å². The van der Waals surface area contributed by atoms with Crippen LogP contribution in [0.5, 0.6) is 0 Å². The third-order valence-corrected chi connectivity index (χ3v) is 3.24. The lowest BCUT2D eigenvalue weighted by Crippen LogP contribution is -2.46. The van der Waals surface area contributed by atoms with Crippen LogP contribution in [0.25, 0.3) is 0 Å². The SMILES string of the molecule is Br.CC1(CCN2CCCC2)NC(=O)NC1=O. The molecule has 2 heterocycles. The molecule has 16 heavy (non-hydrogen) atoms. The highest BCUT2D eigenvalue weighted by Crippen LogP contribution is 2.17. The van der Waals surface area contributed by atoms with E-state index in [1.807, 2.05) is 0 Å². The van der Waals surface area contributed by atoms with E-state index in [-0.39, 0.29) is 28.9 Å². The molecular formula is C10H18BrN3O2. The van der Waals surface area contributed by atoms with Crippen LogP contribution in [0.2, 0.25) is 0 Å². The number of amides is 3. The monoisotopic (exact) mass is 291 g/mol. The predicted octanol–water partition coefficient (Wildman–Crippen LogP) is 0.648. The molecule has 3 amide bonds. The van der Waals surface area contributed by atoms with E-state index in [9.17, 15) is 9.59 Å². The summed E-state index contributed by atoms with van der Waals surface area (Å²) in [5.41, 5.74) is -0.709. The molecule has 92 valence electrons. The Kier molecular flexibility index (Phi) is 4.32. The van der Waals surface area contributed by atoms with Crippen molar-refractivity contribution in [3.05, 3.63) is 0 Å². The molecular weight excluding hydrogens is 274 g/mol. The maximum Gasteiger partial charge on any atom is 0.322 e. The minimum Gasteiger partial charge on any atom is -0.324 e. The summed E-state index contributed by atoms with van der Waals surface area (Å²) in [4.78, 5) is 24.8. The van der Waals surface area contributed by atoms with Crippen LogP contribution in [0.4, 0.5) is 4.79 Å². The smallest absolute Gasteiger partial charge is 0.322 e. The molecule has 0 saturated carbocycles. The Bertz CT molecular complexity index is 292. The number of hydrogen-bond donors (Lipinski definition) is 2. The number of carbonyl (C=O) groups excluding carboxylic acids is 2. The van der Waals surface area contributed by atoms with Gasteiger partial charge in [0.2, 0.25) is 0 Å². The van der Waals surface area contributed by atoms with Crippen LogP contribution in [0.1, 0.15) is 26.2 Å². The quantitative estimate of drug-likeness (QED) is 0.751. The number of likely N-dealkylation sites (tertiary alicyclic amines) is 1. The number of rotatable bonds is 3. The van der Waals surface area contributed by atoms with Gasteiger partial charge < -0.3 is 10.2 Å². The summed E-state index contributed by atoms with van der Waals surface area (Å²) in [6.07, 6.45) is 3.18. The minimum atomic E-state index is -0.709. The predicted molar refractivity (Wildman–Crippen MR) is 65.7 cm³/mol. The summed E-state index contributed by atoms with van der Waals surface area (Å²) >= 11 is 0. The van der Waals surface area contributed by atoms with E-state index in [1.54, 1.807) is 6.92 Å². The van der Waals surface area contributed by atoms with Crippen molar-refractivity contribution >= 4 is 28.9 Å². The molecule has 2 N–H and O–H groups in total. The normalized spacial score (nSPS) is 29.8. The van der Waals surface area contributed by atoms with Gasteiger partial charge in [-0.3, -0.25) is 10.1 Å². The van der Waals surface area contributed by atoms with Gasteiger partial charge in [-0.2, -0.15) is 0 Å². The Hall–Kier alpha value is -0.620. The highest BCUT2D eigenvalue weighted by atomic mass is 79.9. The third-order valence-electron chi connectivity index (χ3n) is 3.24. The maximum atomic E-state index is 11.5. The van der Waals surface area contributed by atoms with Gasteiger partial charge >= 0.3 is 6.03 Å². The van der Waals surface area contributed by atoms with Crippen molar-refractivity contribution < 1.29 is 9.59 Å². The summed E-state index contributed by atoms with van der Waals surface area (Å²) < 4.78 is 0. The third kappa shape index (κ3) is 2.74. The highest BCUT2D eigenvalue weighted by molar-refractivity contribution is 8.93. The molecule has 1 unspecified atom stereocenters. The van der Waals surface area contributed by atoms with Crippen molar-refractivity contribution in [3.63, 3.8) is 0 Å². The second-order valence-corrected chi connectivity index (χ2v) is 4.54. The second kappa shape index (κ2) is 5.14. The minimum absolute atomic E-state index is 0.